The summed E-state index contributed by atoms with van der Waals surface area (Å²) in [5, 5.41) is 7.03. The Morgan fingerprint density at radius 1 is 1.11 bits per heavy atom. The van der Waals surface area contributed by atoms with Crippen molar-refractivity contribution < 1.29 is 9.53 Å². The van der Waals surface area contributed by atoms with E-state index in [0.717, 1.165) is 38.5 Å². The minimum atomic E-state index is -0.197. The second-order valence-electron chi connectivity index (χ2n) is 8.76. The van der Waals surface area contributed by atoms with Gasteiger partial charge in [0.15, 0.2) is 5.11 Å². The Kier molecular flexibility index (Phi) is 7.36. The molecule has 1 saturated heterocycles. The molecule has 0 saturated carbocycles. The number of anilines is 2. The molecule has 7 nitrogen and oxygen atoms in total. The van der Waals surface area contributed by atoms with Crippen LogP contribution in [0.25, 0.3) is 5.69 Å². The van der Waals surface area contributed by atoms with Gasteiger partial charge in [0.05, 0.1) is 11.7 Å². The normalized spacial score (nSPS) is 17.1. The van der Waals surface area contributed by atoms with E-state index in [-0.39, 0.29) is 24.6 Å². The van der Waals surface area contributed by atoms with Gasteiger partial charge in [0, 0.05) is 46.7 Å². The molecule has 5 rings (SSSR count). The fourth-order valence-electron chi connectivity index (χ4n) is 4.66. The summed E-state index contributed by atoms with van der Waals surface area (Å²) in [6.45, 7) is 1.97. The molecular formula is C28H26BrN5O2S. The summed E-state index contributed by atoms with van der Waals surface area (Å²) in [4.78, 5) is 18.9. The molecule has 2 N–H and O–H groups in total. The Balaban J connectivity index is 1.58. The minimum absolute atomic E-state index is 0.00218. The summed E-state index contributed by atoms with van der Waals surface area (Å²) in [6, 6.07) is 23.9. The topological polar surface area (TPSA) is 71.4 Å². The Morgan fingerprint density at radius 2 is 1.89 bits per heavy atom. The molecule has 2 atom stereocenters. The Morgan fingerprint density at radius 3 is 2.59 bits per heavy atom. The average Bonchev–Trinajstić information content (AvgIpc) is 3.51. The fraction of sp³-hybridized carbons (Fsp3) is 0.179. The maximum Gasteiger partial charge on any atom is 0.250 e. The van der Waals surface area contributed by atoms with Gasteiger partial charge in [-0.3, -0.25) is 9.78 Å². The van der Waals surface area contributed by atoms with Gasteiger partial charge in [-0.2, -0.15) is 0 Å². The summed E-state index contributed by atoms with van der Waals surface area (Å²) in [5.74, 6) is -0.197. The van der Waals surface area contributed by atoms with E-state index in [1.165, 1.54) is 7.11 Å². The second kappa shape index (κ2) is 10.8. The van der Waals surface area contributed by atoms with E-state index in [1.54, 1.807) is 6.20 Å². The molecule has 0 aliphatic carbocycles. The highest BCUT2D eigenvalue weighted by Crippen LogP contribution is 2.43. The molecule has 2 aromatic carbocycles. The lowest BCUT2D eigenvalue weighted by atomic mass is 10.00. The van der Waals surface area contributed by atoms with Crippen molar-refractivity contribution in [3.63, 3.8) is 0 Å². The zero-order valence-corrected chi connectivity index (χ0v) is 22.8. The number of aryl methyl sites for hydroxylation is 1. The minimum Gasteiger partial charge on any atom is -0.375 e. The number of benzene rings is 2. The third-order valence-electron chi connectivity index (χ3n) is 6.32. The zero-order valence-electron chi connectivity index (χ0n) is 20.4. The van der Waals surface area contributed by atoms with E-state index in [4.69, 9.17) is 17.0 Å². The number of thiocarbonyl (C=S) groups is 1. The molecule has 0 spiro atoms. The van der Waals surface area contributed by atoms with Crippen LogP contribution in [0.5, 0.6) is 0 Å². The number of hydrogen-bond acceptors (Lipinski definition) is 4. The smallest absolute Gasteiger partial charge is 0.250 e. The lowest BCUT2D eigenvalue weighted by molar-refractivity contribution is -0.119. The highest BCUT2D eigenvalue weighted by molar-refractivity contribution is 9.10. The van der Waals surface area contributed by atoms with Crippen LogP contribution in [0.2, 0.25) is 0 Å². The van der Waals surface area contributed by atoms with Crippen LogP contribution in [0.3, 0.4) is 0 Å². The van der Waals surface area contributed by atoms with Crippen molar-refractivity contribution in [1.29, 1.82) is 0 Å². The Hall–Kier alpha value is -3.53. The van der Waals surface area contributed by atoms with Crippen LogP contribution in [-0.4, -0.2) is 34.3 Å². The van der Waals surface area contributed by atoms with Crippen LogP contribution >= 0.6 is 28.1 Å². The van der Waals surface area contributed by atoms with Gasteiger partial charge in [0.2, 0.25) is 5.91 Å². The first kappa shape index (κ1) is 25.1. The van der Waals surface area contributed by atoms with Gasteiger partial charge in [-0.05, 0) is 91.4 Å². The number of aromatic nitrogens is 2. The standard InChI is InChI=1S/C28H26BrN5O2S/c1-18-16-21(12-13-22(18)31-25(35)17-36-2)34-27(26(32-28(34)37)23-6-3-4-14-30-23)24-7-5-15-33(24)20-10-8-19(29)9-11-20/h3-16,26-27H,17H2,1-2H3,(H,31,35)(H,32,37). The Labute approximate surface area is 229 Å². The largest absolute Gasteiger partial charge is 0.375 e. The average molecular weight is 577 g/mol. The van der Waals surface area contributed by atoms with Crippen molar-refractivity contribution in [3.05, 3.63) is 107 Å². The number of carbonyl (C=O) groups excluding carboxylic acids is 1. The molecule has 1 aliphatic rings. The fourth-order valence-corrected chi connectivity index (χ4v) is 5.27. The van der Waals surface area contributed by atoms with Crippen molar-refractivity contribution in [1.82, 2.24) is 14.9 Å². The third-order valence-corrected chi connectivity index (χ3v) is 7.17. The van der Waals surface area contributed by atoms with Gasteiger partial charge in [-0.25, -0.2) is 0 Å². The monoisotopic (exact) mass is 575 g/mol. The summed E-state index contributed by atoms with van der Waals surface area (Å²) < 4.78 is 8.15. The number of carbonyl (C=O) groups is 1. The van der Waals surface area contributed by atoms with E-state index in [0.29, 0.717) is 5.11 Å². The van der Waals surface area contributed by atoms with Gasteiger partial charge >= 0.3 is 0 Å². The van der Waals surface area contributed by atoms with Crippen LogP contribution in [-0.2, 0) is 9.53 Å². The van der Waals surface area contributed by atoms with Crippen molar-refractivity contribution in [2.75, 3.05) is 23.9 Å². The van der Waals surface area contributed by atoms with Crippen LogP contribution in [0.15, 0.2) is 89.7 Å². The summed E-state index contributed by atoms with van der Waals surface area (Å²) in [7, 11) is 1.50. The zero-order chi connectivity index (χ0) is 25.9. The van der Waals surface area contributed by atoms with Crippen LogP contribution < -0.4 is 15.5 Å². The highest BCUT2D eigenvalue weighted by Gasteiger charge is 2.42. The third kappa shape index (κ3) is 5.16. The number of nitrogens with one attached hydrogen (secondary N) is 2. The van der Waals surface area contributed by atoms with E-state index in [2.05, 4.69) is 65.4 Å². The number of rotatable bonds is 7. The second-order valence-corrected chi connectivity index (χ2v) is 10.1. The first-order valence-corrected chi connectivity index (χ1v) is 13.0. The van der Waals surface area contributed by atoms with Gasteiger partial charge in [-0.1, -0.05) is 22.0 Å². The van der Waals surface area contributed by atoms with Crippen molar-refractivity contribution in [3.8, 4) is 5.69 Å². The van der Waals surface area contributed by atoms with Crippen molar-refractivity contribution >= 4 is 50.5 Å². The lowest BCUT2D eigenvalue weighted by Gasteiger charge is -2.29. The highest BCUT2D eigenvalue weighted by atomic mass is 79.9. The van der Waals surface area contributed by atoms with E-state index in [1.807, 2.05) is 61.5 Å². The predicted octanol–water partition coefficient (Wildman–Crippen LogP) is 5.71. The van der Waals surface area contributed by atoms with Gasteiger partial charge in [0.1, 0.15) is 12.6 Å². The van der Waals surface area contributed by atoms with E-state index >= 15 is 0 Å². The van der Waals surface area contributed by atoms with Gasteiger partial charge in [-0.15, -0.1) is 0 Å². The van der Waals surface area contributed by atoms with Crippen LogP contribution in [0.1, 0.15) is 29.0 Å². The number of pyridine rings is 1. The number of hydrogen-bond donors (Lipinski definition) is 2. The van der Waals surface area contributed by atoms with Crippen LogP contribution in [0, 0.1) is 6.92 Å². The molecule has 9 heteroatoms. The summed E-state index contributed by atoms with van der Waals surface area (Å²) in [5.41, 5.74) is 5.61. The maximum absolute atomic E-state index is 12.1. The molecule has 2 aromatic heterocycles. The molecule has 1 aliphatic heterocycles. The quantitative estimate of drug-likeness (QED) is 0.275. The van der Waals surface area contributed by atoms with Gasteiger partial charge in [0.25, 0.3) is 0 Å². The number of ether oxygens (including phenoxy) is 1. The van der Waals surface area contributed by atoms with Crippen molar-refractivity contribution in [2.45, 2.75) is 19.0 Å². The summed E-state index contributed by atoms with van der Waals surface area (Å²) >= 11 is 9.43. The molecule has 0 bridgehead atoms. The lowest BCUT2D eigenvalue weighted by Crippen LogP contribution is -2.30. The van der Waals surface area contributed by atoms with E-state index in [9.17, 15) is 4.79 Å². The van der Waals surface area contributed by atoms with Gasteiger partial charge < -0.3 is 24.8 Å². The molecule has 2 unspecified atom stereocenters. The number of methoxy groups -OCH3 is 1. The molecule has 1 amide bonds. The number of amides is 1. The Bertz CT molecular complexity index is 1420. The molecule has 3 heterocycles. The SMILES string of the molecule is COCC(=O)Nc1ccc(N2C(=S)NC(c3ccccn3)C2c2cccn2-c2ccc(Br)cc2)cc1C. The molecule has 1 fully saturated rings. The first-order chi connectivity index (χ1) is 18.0. The molecule has 0 radical (unpaired) electrons. The van der Waals surface area contributed by atoms with Crippen LogP contribution in [0.4, 0.5) is 11.4 Å². The summed E-state index contributed by atoms with van der Waals surface area (Å²) in [6.07, 6.45) is 3.86. The maximum atomic E-state index is 12.1. The number of halogens is 1. The first-order valence-electron chi connectivity index (χ1n) is 11.8. The number of nitrogens with zero attached hydrogens (tertiary/aromatic N) is 3. The molecule has 4 aromatic rings. The molecule has 188 valence electrons. The predicted molar refractivity (Wildman–Crippen MR) is 153 cm³/mol. The van der Waals surface area contributed by atoms with Crippen molar-refractivity contribution in [2.24, 2.45) is 0 Å². The molecular weight excluding hydrogens is 550 g/mol. The molecule has 37 heavy (non-hydrogen) atoms. The van der Waals surface area contributed by atoms with E-state index < -0.39 is 0 Å².